The first kappa shape index (κ1) is 19.4. The van der Waals surface area contributed by atoms with Gasteiger partial charge in [-0.05, 0) is 42.3 Å². The highest BCUT2D eigenvalue weighted by molar-refractivity contribution is 5.95. The van der Waals surface area contributed by atoms with Crippen LogP contribution in [0.15, 0.2) is 64.2 Å². The molecular weight excluding hydrogens is 384 g/mol. The topological polar surface area (TPSA) is 99.2 Å². The van der Waals surface area contributed by atoms with Crippen LogP contribution in [0.4, 0.5) is 0 Å². The van der Waals surface area contributed by atoms with Gasteiger partial charge in [-0.2, -0.15) is 0 Å². The molecule has 1 N–H and O–H groups in total. The molecule has 152 valence electrons. The van der Waals surface area contributed by atoms with Crippen LogP contribution >= 0.6 is 0 Å². The second kappa shape index (κ2) is 8.20. The molecule has 30 heavy (non-hydrogen) atoms. The molecule has 0 fully saturated rings. The van der Waals surface area contributed by atoms with E-state index in [2.05, 4.69) is 15.3 Å². The quantitative estimate of drug-likeness (QED) is 0.530. The molecule has 0 aliphatic carbocycles. The molecule has 0 saturated heterocycles. The van der Waals surface area contributed by atoms with E-state index in [1.54, 1.807) is 63.0 Å². The summed E-state index contributed by atoms with van der Waals surface area (Å²) < 4.78 is 12.3. The summed E-state index contributed by atoms with van der Waals surface area (Å²) in [6.45, 7) is 2.13. The van der Waals surface area contributed by atoms with Crippen LogP contribution in [0.3, 0.4) is 0 Å². The maximum Gasteiger partial charge on any atom is 0.263 e. The van der Waals surface area contributed by atoms with Crippen molar-refractivity contribution in [2.45, 2.75) is 20.0 Å². The van der Waals surface area contributed by atoms with E-state index in [-0.39, 0.29) is 17.7 Å². The summed E-state index contributed by atoms with van der Waals surface area (Å²) in [6, 6.07) is 10.7. The second-order valence-corrected chi connectivity index (χ2v) is 6.79. The summed E-state index contributed by atoms with van der Waals surface area (Å²) in [7, 11) is 1.58. The van der Waals surface area contributed by atoms with Crippen molar-refractivity contribution in [1.29, 1.82) is 0 Å². The van der Waals surface area contributed by atoms with Crippen LogP contribution < -0.4 is 15.6 Å². The minimum absolute atomic E-state index is 0.0617. The predicted octanol–water partition coefficient (Wildman–Crippen LogP) is 2.68. The third-order valence-electron chi connectivity index (χ3n) is 4.72. The van der Waals surface area contributed by atoms with E-state index in [1.807, 2.05) is 6.07 Å². The summed E-state index contributed by atoms with van der Waals surface area (Å²) in [5, 5.41) is 2.73. The molecule has 8 nitrogen and oxygen atoms in total. The monoisotopic (exact) mass is 404 g/mol. The fraction of sp³-hybridized carbons (Fsp3) is 0.182. The molecule has 4 rings (SSSR count). The van der Waals surface area contributed by atoms with Gasteiger partial charge >= 0.3 is 0 Å². The average Bonchev–Trinajstić information content (AvgIpc) is 3.17. The van der Waals surface area contributed by atoms with Crippen molar-refractivity contribution in [1.82, 2.24) is 19.9 Å². The van der Waals surface area contributed by atoms with E-state index in [0.29, 0.717) is 34.8 Å². The number of aromatic nitrogens is 3. The zero-order valence-corrected chi connectivity index (χ0v) is 16.6. The van der Waals surface area contributed by atoms with Crippen LogP contribution in [-0.2, 0) is 13.1 Å². The Balaban J connectivity index is 1.53. The van der Waals surface area contributed by atoms with Crippen LogP contribution in [0.1, 0.15) is 27.4 Å². The number of carbonyl (C=O) groups excluding carboxylic acids is 1. The minimum atomic E-state index is -0.474. The van der Waals surface area contributed by atoms with Crippen molar-refractivity contribution >= 4 is 17.0 Å². The van der Waals surface area contributed by atoms with Crippen LogP contribution in [0.5, 0.6) is 5.75 Å². The molecule has 0 aliphatic heterocycles. The van der Waals surface area contributed by atoms with Crippen molar-refractivity contribution in [3.05, 3.63) is 87.9 Å². The normalized spacial score (nSPS) is 10.9. The lowest BCUT2D eigenvalue weighted by atomic mass is 10.1. The number of nitrogens with one attached hydrogen (secondary N) is 1. The number of hydrogen-bond donors (Lipinski definition) is 1. The summed E-state index contributed by atoms with van der Waals surface area (Å²) in [5.74, 6) is 0.536. The molecule has 8 heteroatoms. The van der Waals surface area contributed by atoms with Gasteiger partial charge in [-0.25, -0.2) is 4.98 Å². The van der Waals surface area contributed by atoms with Gasteiger partial charge in [0.15, 0.2) is 5.58 Å². The van der Waals surface area contributed by atoms with Gasteiger partial charge in [0.25, 0.3) is 11.5 Å². The van der Waals surface area contributed by atoms with E-state index in [4.69, 9.17) is 9.15 Å². The number of carbonyl (C=O) groups is 1. The second-order valence-electron chi connectivity index (χ2n) is 6.79. The SMILES string of the molecule is COc1ccc2oc(CNC(=O)c3c(C)ccn(Cc4cccnc4)c3=O)nc2c1. The Bertz CT molecular complexity index is 1260. The molecule has 0 bridgehead atoms. The maximum absolute atomic E-state index is 12.9. The van der Waals surface area contributed by atoms with E-state index in [1.165, 1.54) is 4.57 Å². The molecule has 0 saturated carbocycles. The minimum Gasteiger partial charge on any atom is -0.497 e. The highest BCUT2D eigenvalue weighted by atomic mass is 16.5. The Morgan fingerprint density at radius 3 is 2.90 bits per heavy atom. The molecule has 0 radical (unpaired) electrons. The number of benzene rings is 1. The number of fused-ring (bicyclic) bond motifs is 1. The molecule has 0 spiro atoms. The summed E-state index contributed by atoms with van der Waals surface area (Å²) >= 11 is 0. The molecular formula is C22H20N4O4. The van der Waals surface area contributed by atoms with Crippen LogP contribution in [0.2, 0.25) is 0 Å². The number of pyridine rings is 2. The van der Waals surface area contributed by atoms with Crippen molar-refractivity contribution in [2.24, 2.45) is 0 Å². The Kier molecular flexibility index (Phi) is 5.30. The van der Waals surface area contributed by atoms with E-state index < -0.39 is 5.91 Å². The number of nitrogens with zero attached hydrogens (tertiary/aromatic N) is 3. The number of rotatable bonds is 6. The number of aryl methyl sites for hydroxylation is 1. The van der Waals surface area contributed by atoms with E-state index >= 15 is 0 Å². The fourth-order valence-corrected chi connectivity index (χ4v) is 3.16. The van der Waals surface area contributed by atoms with Gasteiger partial charge in [-0.3, -0.25) is 14.6 Å². The van der Waals surface area contributed by atoms with Gasteiger partial charge < -0.3 is 19.0 Å². The Morgan fingerprint density at radius 1 is 1.27 bits per heavy atom. The van der Waals surface area contributed by atoms with Gasteiger partial charge in [0.2, 0.25) is 5.89 Å². The van der Waals surface area contributed by atoms with Gasteiger partial charge in [0, 0.05) is 24.7 Å². The van der Waals surface area contributed by atoms with Crippen molar-refractivity contribution in [2.75, 3.05) is 7.11 Å². The number of methoxy groups -OCH3 is 1. The summed E-state index contributed by atoms with van der Waals surface area (Å²) in [4.78, 5) is 34.1. The lowest BCUT2D eigenvalue weighted by Gasteiger charge is -2.10. The maximum atomic E-state index is 12.9. The average molecular weight is 404 g/mol. The van der Waals surface area contributed by atoms with Crippen LogP contribution in [0.25, 0.3) is 11.1 Å². The zero-order valence-electron chi connectivity index (χ0n) is 16.6. The molecule has 0 atom stereocenters. The standard InChI is InChI=1S/C22H20N4O4/c1-14-7-9-26(13-15-4-3-8-23-11-15)22(28)20(14)21(27)24-12-19-25-17-10-16(29-2)5-6-18(17)30-19/h3-11H,12-13H2,1-2H3,(H,24,27). The largest absolute Gasteiger partial charge is 0.497 e. The number of ether oxygens (including phenoxy) is 1. The fourth-order valence-electron chi connectivity index (χ4n) is 3.16. The Labute approximate surface area is 172 Å². The first-order valence-electron chi connectivity index (χ1n) is 9.36. The summed E-state index contributed by atoms with van der Waals surface area (Å²) in [5.41, 5.74) is 2.43. The smallest absolute Gasteiger partial charge is 0.263 e. The molecule has 0 unspecified atom stereocenters. The highest BCUT2D eigenvalue weighted by Crippen LogP contribution is 2.21. The van der Waals surface area contributed by atoms with Gasteiger partial charge in [-0.15, -0.1) is 0 Å². The molecule has 1 aromatic carbocycles. The van der Waals surface area contributed by atoms with Crippen LogP contribution in [0, 0.1) is 6.92 Å². The molecule has 3 heterocycles. The van der Waals surface area contributed by atoms with E-state index in [0.717, 1.165) is 5.56 Å². The third-order valence-corrected chi connectivity index (χ3v) is 4.72. The summed E-state index contributed by atoms with van der Waals surface area (Å²) in [6.07, 6.45) is 5.03. The highest BCUT2D eigenvalue weighted by Gasteiger charge is 2.17. The first-order chi connectivity index (χ1) is 14.5. The number of hydrogen-bond acceptors (Lipinski definition) is 6. The first-order valence-corrected chi connectivity index (χ1v) is 9.36. The molecule has 4 aromatic rings. The van der Waals surface area contributed by atoms with Gasteiger partial charge in [0.1, 0.15) is 16.8 Å². The Hall–Kier alpha value is -3.94. The molecule has 1 amide bonds. The zero-order chi connectivity index (χ0) is 21.1. The molecule has 0 aliphatic rings. The van der Waals surface area contributed by atoms with Crippen molar-refractivity contribution in [3.63, 3.8) is 0 Å². The lowest BCUT2D eigenvalue weighted by molar-refractivity contribution is 0.0944. The predicted molar refractivity (Wildman–Crippen MR) is 111 cm³/mol. The van der Waals surface area contributed by atoms with E-state index in [9.17, 15) is 9.59 Å². The van der Waals surface area contributed by atoms with Gasteiger partial charge in [0.05, 0.1) is 20.2 Å². The molecule has 3 aromatic heterocycles. The Morgan fingerprint density at radius 2 is 2.13 bits per heavy atom. The number of oxazole rings is 1. The van der Waals surface area contributed by atoms with Gasteiger partial charge in [-0.1, -0.05) is 6.07 Å². The lowest BCUT2D eigenvalue weighted by Crippen LogP contribution is -2.34. The van der Waals surface area contributed by atoms with Crippen molar-refractivity contribution < 1.29 is 13.9 Å². The van der Waals surface area contributed by atoms with Crippen LogP contribution in [-0.4, -0.2) is 27.6 Å². The van der Waals surface area contributed by atoms with Crippen molar-refractivity contribution in [3.8, 4) is 5.75 Å². The third kappa shape index (κ3) is 3.93. The number of amides is 1.